The monoisotopic (exact) mass is 310 g/mol. The molecule has 8 nitrogen and oxygen atoms in total. The molecule has 19 heavy (non-hydrogen) atoms. The lowest BCUT2D eigenvalue weighted by Gasteiger charge is -2.21. The average Bonchev–Trinajstić information content (AvgIpc) is 2.36. The molecule has 0 aromatic carbocycles. The van der Waals surface area contributed by atoms with E-state index in [1.54, 1.807) is 0 Å². The van der Waals surface area contributed by atoms with Gasteiger partial charge in [0, 0.05) is 0 Å². The van der Waals surface area contributed by atoms with E-state index in [1.807, 2.05) is 6.07 Å². The van der Waals surface area contributed by atoms with Crippen LogP contribution in [0.3, 0.4) is 0 Å². The molecule has 0 bridgehead atoms. The predicted molar refractivity (Wildman–Crippen MR) is 68.3 cm³/mol. The van der Waals surface area contributed by atoms with E-state index in [2.05, 4.69) is 14.6 Å². The van der Waals surface area contributed by atoms with Gasteiger partial charge in [-0.3, -0.25) is 9.59 Å². The van der Waals surface area contributed by atoms with Crippen molar-refractivity contribution in [3.8, 4) is 6.07 Å². The lowest BCUT2D eigenvalue weighted by molar-refractivity contribution is -0.149. The van der Waals surface area contributed by atoms with Crippen LogP contribution >= 0.6 is 6.64 Å². The fourth-order valence-corrected chi connectivity index (χ4v) is 2.63. The zero-order valence-electron chi connectivity index (χ0n) is 10.5. The van der Waals surface area contributed by atoms with Gasteiger partial charge in [0.05, 0.1) is 39.7 Å². The molecule has 0 saturated carbocycles. The summed E-state index contributed by atoms with van der Waals surface area (Å²) in [6.07, 6.45) is -0.315. The molecule has 0 aliphatic carbocycles. The zero-order valence-corrected chi connectivity index (χ0v) is 12.2. The molecule has 108 valence electrons. The maximum Gasteiger partial charge on any atom is 0.323 e. The van der Waals surface area contributed by atoms with Crippen molar-refractivity contribution in [2.75, 3.05) is 20.8 Å². The molecule has 0 aromatic rings. The molecule has 0 rings (SSSR count). The minimum absolute atomic E-state index is 0.0422. The van der Waals surface area contributed by atoms with Crippen LogP contribution in [-0.4, -0.2) is 43.7 Å². The van der Waals surface area contributed by atoms with Crippen molar-refractivity contribution in [1.82, 2.24) is 5.09 Å². The van der Waals surface area contributed by atoms with Crippen molar-refractivity contribution in [3.05, 3.63) is 0 Å². The van der Waals surface area contributed by atoms with Crippen molar-refractivity contribution >= 4 is 30.4 Å². The highest BCUT2D eigenvalue weighted by Gasteiger charge is 2.29. The van der Waals surface area contributed by atoms with E-state index in [-0.39, 0.29) is 19.4 Å². The Morgan fingerprint density at radius 1 is 1.47 bits per heavy atom. The van der Waals surface area contributed by atoms with E-state index in [1.165, 1.54) is 0 Å². The smallest absolute Gasteiger partial charge is 0.323 e. The second-order valence-electron chi connectivity index (χ2n) is 3.25. The molecule has 0 aromatic heterocycles. The SMILES string of the molecule is COC(=O)CC(NP(O)(=S)OCCC#N)C(=O)OC. The van der Waals surface area contributed by atoms with Crippen molar-refractivity contribution in [3.63, 3.8) is 0 Å². The zero-order chi connectivity index (χ0) is 14.9. The van der Waals surface area contributed by atoms with Gasteiger partial charge in [-0.25, -0.2) is 5.09 Å². The second-order valence-corrected chi connectivity index (χ2v) is 6.29. The van der Waals surface area contributed by atoms with E-state index < -0.39 is 24.6 Å². The Morgan fingerprint density at radius 2 is 2.11 bits per heavy atom. The summed E-state index contributed by atoms with van der Waals surface area (Å²) in [5, 5.41) is 10.7. The first-order chi connectivity index (χ1) is 8.86. The van der Waals surface area contributed by atoms with Crippen molar-refractivity contribution in [1.29, 1.82) is 5.26 Å². The molecule has 2 unspecified atom stereocenters. The van der Waals surface area contributed by atoms with Gasteiger partial charge in [0.1, 0.15) is 6.04 Å². The summed E-state index contributed by atoms with van der Waals surface area (Å²) in [4.78, 5) is 32.3. The van der Waals surface area contributed by atoms with Gasteiger partial charge in [0.15, 0.2) is 0 Å². The molecular weight excluding hydrogens is 295 g/mol. The summed E-state index contributed by atoms with van der Waals surface area (Å²) < 4.78 is 13.8. The van der Waals surface area contributed by atoms with E-state index in [0.29, 0.717) is 0 Å². The standard InChI is InChI=1S/C9H15N2O6PS/c1-15-8(12)6-7(9(13)16-2)11-18(14,19)17-5-3-4-10/h7H,3,5-6H2,1-2H3,(H2,11,14,19). The van der Waals surface area contributed by atoms with Crippen molar-refractivity contribution < 1.29 is 28.5 Å². The summed E-state index contributed by atoms with van der Waals surface area (Å²) in [5.74, 6) is -1.45. The first kappa shape index (κ1) is 18.0. The molecule has 2 atom stereocenters. The third-order valence-electron chi connectivity index (χ3n) is 1.88. The maximum atomic E-state index is 11.4. The lowest BCUT2D eigenvalue weighted by atomic mass is 10.2. The second kappa shape index (κ2) is 8.96. The van der Waals surface area contributed by atoms with E-state index >= 15 is 0 Å². The van der Waals surface area contributed by atoms with Crippen LogP contribution in [0.2, 0.25) is 0 Å². The molecule has 10 heteroatoms. The van der Waals surface area contributed by atoms with Gasteiger partial charge in [0.2, 0.25) is 0 Å². The minimum Gasteiger partial charge on any atom is -0.469 e. The Balaban J connectivity index is 4.62. The van der Waals surface area contributed by atoms with Gasteiger partial charge >= 0.3 is 11.9 Å². The molecule has 0 saturated heterocycles. The van der Waals surface area contributed by atoms with Crippen molar-refractivity contribution in [2.45, 2.75) is 18.9 Å². The van der Waals surface area contributed by atoms with Crippen LogP contribution in [0.25, 0.3) is 0 Å². The maximum absolute atomic E-state index is 11.4. The molecule has 0 heterocycles. The van der Waals surface area contributed by atoms with E-state index in [4.69, 9.17) is 21.6 Å². The van der Waals surface area contributed by atoms with Crippen LogP contribution in [0.15, 0.2) is 0 Å². The van der Waals surface area contributed by atoms with Gasteiger partial charge in [0.25, 0.3) is 6.64 Å². The number of ether oxygens (including phenoxy) is 2. The normalized spacial score (nSPS) is 14.8. The average molecular weight is 310 g/mol. The Hall–Kier alpha value is -1.04. The molecule has 0 radical (unpaired) electrons. The third kappa shape index (κ3) is 7.87. The molecule has 0 fully saturated rings. The molecule has 0 spiro atoms. The highest BCUT2D eigenvalue weighted by molar-refractivity contribution is 8.08. The molecular formula is C9H15N2O6PS. The van der Waals surface area contributed by atoms with E-state index in [9.17, 15) is 14.5 Å². The Bertz CT molecular complexity index is 410. The quantitative estimate of drug-likeness (QED) is 0.358. The van der Waals surface area contributed by atoms with Gasteiger partial charge in [-0.1, -0.05) is 0 Å². The number of carbonyl (C=O) groups is 2. The third-order valence-corrected chi connectivity index (χ3v) is 3.69. The molecule has 0 amide bonds. The van der Waals surface area contributed by atoms with Crippen LogP contribution in [0, 0.1) is 11.3 Å². The summed E-state index contributed by atoms with van der Waals surface area (Å²) in [7, 11) is 2.29. The number of rotatable bonds is 8. The van der Waals surface area contributed by atoms with Crippen LogP contribution in [0.5, 0.6) is 0 Å². The Kier molecular flexibility index (Phi) is 8.47. The summed E-state index contributed by atoms with van der Waals surface area (Å²) >= 11 is 4.75. The van der Waals surface area contributed by atoms with Gasteiger partial charge in [-0.05, 0) is 11.8 Å². The first-order valence-corrected chi connectivity index (χ1v) is 7.80. The van der Waals surface area contributed by atoms with Crippen molar-refractivity contribution in [2.24, 2.45) is 0 Å². The minimum atomic E-state index is -3.49. The predicted octanol–water partition coefficient (Wildman–Crippen LogP) is -0.172. The van der Waals surface area contributed by atoms with Crippen LogP contribution < -0.4 is 5.09 Å². The number of methoxy groups -OCH3 is 2. The Labute approximate surface area is 115 Å². The van der Waals surface area contributed by atoms with Gasteiger partial charge < -0.3 is 18.9 Å². The number of hydrogen-bond acceptors (Lipinski definition) is 7. The molecule has 0 aliphatic heterocycles. The topological polar surface area (TPSA) is 118 Å². The number of hydrogen-bond donors (Lipinski definition) is 2. The number of nitrogens with one attached hydrogen (secondary N) is 1. The largest absolute Gasteiger partial charge is 0.469 e. The van der Waals surface area contributed by atoms with Crippen LogP contribution in [0.1, 0.15) is 12.8 Å². The summed E-state index contributed by atoms with van der Waals surface area (Å²) in [6.45, 7) is -3.57. The van der Waals surface area contributed by atoms with E-state index in [0.717, 1.165) is 14.2 Å². The fourth-order valence-electron chi connectivity index (χ4n) is 1.02. The van der Waals surface area contributed by atoms with Crippen LogP contribution in [0.4, 0.5) is 0 Å². The molecule has 0 aliphatic rings. The lowest BCUT2D eigenvalue weighted by Crippen LogP contribution is -2.38. The van der Waals surface area contributed by atoms with Gasteiger partial charge in [-0.2, -0.15) is 5.26 Å². The summed E-state index contributed by atoms with van der Waals surface area (Å²) in [5.41, 5.74) is 0. The Morgan fingerprint density at radius 3 is 2.58 bits per heavy atom. The number of nitriles is 1. The number of esters is 2. The summed E-state index contributed by atoms with van der Waals surface area (Å²) in [6, 6.07) is 0.640. The van der Waals surface area contributed by atoms with Crippen LogP contribution in [-0.2, 0) is 35.4 Å². The number of carbonyl (C=O) groups excluding carboxylic acids is 2. The highest BCUT2D eigenvalue weighted by atomic mass is 32.5. The molecule has 2 N–H and O–H groups in total. The first-order valence-electron chi connectivity index (χ1n) is 5.13. The van der Waals surface area contributed by atoms with Gasteiger partial charge in [-0.15, -0.1) is 0 Å². The fraction of sp³-hybridized carbons (Fsp3) is 0.667. The highest BCUT2D eigenvalue weighted by Crippen LogP contribution is 2.38. The number of nitrogens with zero attached hydrogens (tertiary/aromatic N) is 1.